The molecule has 15 heteroatoms. The number of carbonyl (C=O) groups excluding carboxylic acids is 4. The average Bonchev–Trinajstić information content (AvgIpc) is 3.50. The summed E-state index contributed by atoms with van der Waals surface area (Å²) in [7, 11) is 1.26. The van der Waals surface area contributed by atoms with Gasteiger partial charge in [-0.2, -0.15) is 0 Å². The highest BCUT2D eigenvalue weighted by molar-refractivity contribution is 5.95. The number of halogens is 2. The van der Waals surface area contributed by atoms with Crippen molar-refractivity contribution in [3.8, 4) is 0 Å². The normalized spacial score (nSPS) is 17.3. The van der Waals surface area contributed by atoms with Crippen molar-refractivity contribution in [3.63, 3.8) is 0 Å². The molecule has 0 bridgehead atoms. The number of nitrogens with one attached hydrogen (secondary N) is 1. The van der Waals surface area contributed by atoms with Crippen molar-refractivity contribution < 1.29 is 37.4 Å². The fourth-order valence-electron chi connectivity index (χ4n) is 4.96. The first-order chi connectivity index (χ1) is 20.2. The molecule has 2 aliphatic heterocycles. The van der Waals surface area contributed by atoms with Crippen LogP contribution in [0.15, 0.2) is 36.8 Å². The smallest absolute Gasteiger partial charge is 0.414 e. The Hall–Kier alpha value is -4.82. The largest absolute Gasteiger partial charge is 0.469 e. The summed E-state index contributed by atoms with van der Waals surface area (Å²) in [5, 5.41) is 2.56. The number of amides is 3. The van der Waals surface area contributed by atoms with E-state index in [2.05, 4.69) is 20.0 Å². The second kappa shape index (κ2) is 12.4. The Labute approximate surface area is 239 Å². The molecule has 2 saturated heterocycles. The molecule has 0 radical (unpaired) electrons. The Kier molecular flexibility index (Phi) is 8.45. The van der Waals surface area contributed by atoms with Crippen molar-refractivity contribution in [2.24, 2.45) is 0 Å². The van der Waals surface area contributed by atoms with Crippen molar-refractivity contribution in [2.75, 3.05) is 56.2 Å². The van der Waals surface area contributed by atoms with Crippen LogP contribution in [0.3, 0.4) is 0 Å². The minimum atomic E-state index is -0.857. The van der Waals surface area contributed by atoms with Crippen molar-refractivity contribution >= 4 is 41.0 Å². The highest BCUT2D eigenvalue weighted by atomic mass is 19.1. The molecule has 1 atom stereocenters. The Morgan fingerprint density at radius 3 is 2.67 bits per heavy atom. The molecule has 3 aromatic rings. The molecule has 13 nitrogen and oxygen atoms in total. The first-order valence-corrected chi connectivity index (χ1v) is 13.4. The topological polar surface area (TPSA) is 139 Å². The number of hydrogen-bond donors (Lipinski definition) is 1. The third-order valence-electron chi connectivity index (χ3n) is 7.12. The van der Waals surface area contributed by atoms with E-state index in [0.29, 0.717) is 25.3 Å². The number of fused-ring (bicyclic) bond motifs is 1. The van der Waals surface area contributed by atoms with Gasteiger partial charge in [-0.05, 0) is 18.9 Å². The van der Waals surface area contributed by atoms with Crippen LogP contribution < -0.4 is 15.1 Å². The van der Waals surface area contributed by atoms with E-state index >= 15 is 8.78 Å². The van der Waals surface area contributed by atoms with E-state index in [4.69, 9.17) is 4.74 Å². The molecular weight excluding hydrogens is 556 g/mol. The second-order valence-electron chi connectivity index (χ2n) is 9.85. The summed E-state index contributed by atoms with van der Waals surface area (Å²) in [5.41, 5.74) is -0.128. The van der Waals surface area contributed by atoms with Crippen LogP contribution in [0.2, 0.25) is 0 Å². The van der Waals surface area contributed by atoms with Gasteiger partial charge < -0.3 is 24.6 Å². The number of cyclic esters (lactones) is 1. The zero-order chi connectivity index (χ0) is 29.8. The van der Waals surface area contributed by atoms with Crippen molar-refractivity contribution in [1.29, 1.82) is 0 Å². The minimum Gasteiger partial charge on any atom is -0.469 e. The van der Waals surface area contributed by atoms with E-state index in [9.17, 15) is 19.2 Å². The van der Waals surface area contributed by atoms with Crippen LogP contribution in [0.25, 0.3) is 5.78 Å². The minimum absolute atomic E-state index is 0.00285. The zero-order valence-corrected chi connectivity index (χ0v) is 22.8. The summed E-state index contributed by atoms with van der Waals surface area (Å²) in [6.07, 6.45) is 4.10. The summed E-state index contributed by atoms with van der Waals surface area (Å²) < 4.78 is 41.9. The highest BCUT2D eigenvalue weighted by Gasteiger charge is 2.34. The Balaban J connectivity index is 1.17. The van der Waals surface area contributed by atoms with Crippen LogP contribution in [0, 0.1) is 11.6 Å². The van der Waals surface area contributed by atoms with Crippen LogP contribution in [0.4, 0.5) is 25.0 Å². The van der Waals surface area contributed by atoms with Gasteiger partial charge in [0.1, 0.15) is 17.5 Å². The summed E-state index contributed by atoms with van der Waals surface area (Å²) in [6.45, 7) is 0.764. The van der Waals surface area contributed by atoms with E-state index in [1.807, 2.05) is 0 Å². The van der Waals surface area contributed by atoms with Gasteiger partial charge in [-0.3, -0.25) is 23.7 Å². The Morgan fingerprint density at radius 2 is 1.93 bits per heavy atom. The van der Waals surface area contributed by atoms with Crippen LogP contribution in [-0.4, -0.2) is 95.6 Å². The molecule has 1 aromatic carbocycles. The first kappa shape index (κ1) is 28.7. The van der Waals surface area contributed by atoms with Gasteiger partial charge in [0.05, 0.1) is 25.9 Å². The SMILES string of the molecule is COC(=O)CC[C@H]1CN(c2cc(F)c(N3CCCN(C(=O)CNC(=O)c4cn5cccnc5n4)CC3)c(F)c2)C(=O)O1. The standard InChI is InChI=1S/C27H29F2N7O6/c1-41-23(38)5-4-18-15-36(27(40)42-18)17-12-19(28)24(20(29)13-17)34-9-3-8-33(10-11-34)22(37)14-31-25(39)21-16-35-7-2-6-30-26(35)32-21/h2,6-7,12-13,16,18H,3-5,8-11,14-15H2,1H3,(H,31,39)/t18-/m0/s1. The number of ether oxygens (including phenoxy) is 2. The number of nitrogens with zero attached hydrogens (tertiary/aromatic N) is 6. The molecule has 5 rings (SSSR count). The lowest BCUT2D eigenvalue weighted by molar-refractivity contribution is -0.141. The molecule has 1 N–H and O–H groups in total. The summed E-state index contributed by atoms with van der Waals surface area (Å²) in [4.78, 5) is 61.4. The van der Waals surface area contributed by atoms with Gasteiger partial charge in [-0.25, -0.2) is 23.5 Å². The predicted octanol–water partition coefficient (Wildman–Crippen LogP) is 1.75. The number of benzene rings is 1. The molecule has 3 amide bonds. The molecule has 0 unspecified atom stereocenters. The number of hydrogen-bond acceptors (Lipinski definition) is 9. The second-order valence-corrected chi connectivity index (χ2v) is 9.85. The number of aromatic nitrogens is 3. The van der Waals surface area contributed by atoms with Crippen LogP contribution in [0.1, 0.15) is 29.8 Å². The molecule has 4 heterocycles. The molecular formula is C27H29F2N7O6. The lowest BCUT2D eigenvalue weighted by Crippen LogP contribution is -2.42. The molecule has 0 saturated carbocycles. The number of anilines is 2. The fraction of sp³-hybridized carbons (Fsp3) is 0.407. The molecule has 42 heavy (non-hydrogen) atoms. The monoisotopic (exact) mass is 585 g/mol. The van der Waals surface area contributed by atoms with Crippen LogP contribution in [-0.2, 0) is 19.1 Å². The Morgan fingerprint density at radius 1 is 1.14 bits per heavy atom. The first-order valence-electron chi connectivity index (χ1n) is 13.4. The van der Waals surface area contributed by atoms with E-state index in [-0.39, 0.29) is 62.0 Å². The summed E-state index contributed by atoms with van der Waals surface area (Å²) in [5.74, 6) is -2.66. The van der Waals surface area contributed by atoms with E-state index < -0.39 is 35.7 Å². The maximum Gasteiger partial charge on any atom is 0.414 e. The third-order valence-corrected chi connectivity index (χ3v) is 7.12. The lowest BCUT2D eigenvalue weighted by Gasteiger charge is -2.25. The van der Waals surface area contributed by atoms with Gasteiger partial charge in [0.2, 0.25) is 11.7 Å². The highest BCUT2D eigenvalue weighted by Crippen LogP contribution is 2.32. The summed E-state index contributed by atoms with van der Waals surface area (Å²) >= 11 is 0. The number of methoxy groups -OCH3 is 1. The van der Waals surface area contributed by atoms with Crippen LogP contribution >= 0.6 is 0 Å². The molecule has 2 aliphatic rings. The van der Waals surface area contributed by atoms with Gasteiger partial charge >= 0.3 is 12.1 Å². The quantitative estimate of drug-likeness (QED) is 0.392. The maximum atomic E-state index is 15.2. The van der Waals surface area contributed by atoms with Crippen molar-refractivity contribution in [3.05, 3.63) is 54.1 Å². The maximum absolute atomic E-state index is 15.2. The average molecular weight is 586 g/mol. The molecule has 2 fully saturated rings. The van der Waals surface area contributed by atoms with Gasteiger partial charge in [0.15, 0.2) is 11.6 Å². The summed E-state index contributed by atoms with van der Waals surface area (Å²) in [6, 6.07) is 3.84. The molecule has 0 aliphatic carbocycles. The number of imidazole rings is 1. The van der Waals surface area contributed by atoms with Gasteiger partial charge in [-0.15, -0.1) is 0 Å². The number of esters is 1. The van der Waals surface area contributed by atoms with Crippen LogP contribution in [0.5, 0.6) is 0 Å². The molecule has 0 spiro atoms. The lowest BCUT2D eigenvalue weighted by atomic mass is 10.1. The fourth-order valence-corrected chi connectivity index (χ4v) is 4.96. The third kappa shape index (κ3) is 6.24. The number of rotatable bonds is 8. The van der Waals surface area contributed by atoms with E-state index in [0.717, 1.165) is 17.0 Å². The van der Waals surface area contributed by atoms with Gasteiger partial charge in [0, 0.05) is 63.3 Å². The van der Waals surface area contributed by atoms with E-state index in [1.165, 1.54) is 23.1 Å². The Bertz CT molecular complexity index is 1460. The molecule has 222 valence electrons. The van der Waals surface area contributed by atoms with Crippen molar-refractivity contribution in [1.82, 2.24) is 24.6 Å². The van der Waals surface area contributed by atoms with E-state index in [1.54, 1.807) is 22.9 Å². The van der Waals surface area contributed by atoms with Crippen molar-refractivity contribution in [2.45, 2.75) is 25.4 Å². The predicted molar refractivity (Wildman–Crippen MR) is 144 cm³/mol. The number of carbonyl (C=O) groups is 4. The van der Waals surface area contributed by atoms with Gasteiger partial charge in [0.25, 0.3) is 5.91 Å². The van der Waals surface area contributed by atoms with Gasteiger partial charge in [-0.1, -0.05) is 0 Å². The zero-order valence-electron chi connectivity index (χ0n) is 22.8. The molecule has 2 aromatic heterocycles.